The molecule has 0 heterocycles. The van der Waals surface area contributed by atoms with E-state index in [2.05, 4.69) is 17.4 Å². The Morgan fingerprint density at radius 3 is 3.00 bits per heavy atom. The first-order valence-electron chi connectivity index (χ1n) is 5.51. The second-order valence-electron chi connectivity index (χ2n) is 3.79. The zero-order valence-corrected chi connectivity index (χ0v) is 10.2. The van der Waals surface area contributed by atoms with Crippen molar-refractivity contribution < 1.29 is 9.94 Å². The lowest BCUT2D eigenvalue weighted by atomic mass is 10.1. The van der Waals surface area contributed by atoms with Gasteiger partial charge in [-0.25, -0.2) is 0 Å². The van der Waals surface area contributed by atoms with E-state index >= 15 is 0 Å². The highest BCUT2D eigenvalue weighted by atomic mass is 16.5. The Morgan fingerprint density at radius 2 is 2.35 bits per heavy atom. The number of nitrogens with zero attached hydrogens (tertiary/aromatic N) is 1. The van der Waals surface area contributed by atoms with E-state index in [0.29, 0.717) is 13.0 Å². The van der Waals surface area contributed by atoms with Crippen molar-refractivity contribution in [3.8, 4) is 5.75 Å². The molecule has 0 saturated carbocycles. The van der Waals surface area contributed by atoms with Crippen molar-refractivity contribution in [1.29, 1.82) is 0 Å². The van der Waals surface area contributed by atoms with E-state index in [1.165, 1.54) is 0 Å². The zero-order chi connectivity index (χ0) is 12.7. The van der Waals surface area contributed by atoms with Crippen LogP contribution in [0, 0.1) is 0 Å². The van der Waals surface area contributed by atoms with Gasteiger partial charge in [0, 0.05) is 19.0 Å². The molecule has 0 aromatic heterocycles. The van der Waals surface area contributed by atoms with E-state index in [0.717, 1.165) is 11.3 Å². The molecule has 0 fully saturated rings. The van der Waals surface area contributed by atoms with E-state index in [-0.39, 0.29) is 11.9 Å². The Bertz CT molecular complexity index is 380. The summed E-state index contributed by atoms with van der Waals surface area (Å²) in [6.45, 7) is 2.72. The minimum atomic E-state index is 0.191. The molecule has 5 heteroatoms. The predicted octanol–water partition coefficient (Wildman–Crippen LogP) is 1.48. The molecule has 4 N–H and O–H groups in total. The van der Waals surface area contributed by atoms with Crippen molar-refractivity contribution in [2.24, 2.45) is 10.9 Å². The van der Waals surface area contributed by atoms with Crippen molar-refractivity contribution in [1.82, 2.24) is 5.32 Å². The van der Waals surface area contributed by atoms with Crippen molar-refractivity contribution in [2.75, 3.05) is 13.7 Å². The number of ether oxygens (including phenoxy) is 1. The van der Waals surface area contributed by atoms with E-state index in [9.17, 15) is 0 Å². The van der Waals surface area contributed by atoms with Crippen LogP contribution in [0.2, 0.25) is 0 Å². The second-order valence-corrected chi connectivity index (χ2v) is 3.79. The summed E-state index contributed by atoms with van der Waals surface area (Å²) in [4.78, 5) is 0. The van der Waals surface area contributed by atoms with Gasteiger partial charge in [0.1, 0.15) is 11.6 Å². The van der Waals surface area contributed by atoms with Crippen LogP contribution in [-0.4, -0.2) is 24.7 Å². The summed E-state index contributed by atoms with van der Waals surface area (Å²) in [5.41, 5.74) is 6.53. The smallest absolute Gasteiger partial charge is 0.140 e. The number of benzene rings is 1. The largest absolute Gasteiger partial charge is 0.497 e. The molecule has 0 spiro atoms. The lowest BCUT2D eigenvalue weighted by Crippen LogP contribution is -2.24. The highest BCUT2D eigenvalue weighted by molar-refractivity contribution is 5.79. The number of nitrogens with two attached hydrogens (primary N) is 1. The fourth-order valence-corrected chi connectivity index (χ4v) is 1.50. The topological polar surface area (TPSA) is 79.9 Å². The lowest BCUT2D eigenvalue weighted by Gasteiger charge is -2.14. The highest BCUT2D eigenvalue weighted by Gasteiger charge is 2.05. The van der Waals surface area contributed by atoms with Crippen molar-refractivity contribution in [3.05, 3.63) is 29.8 Å². The molecule has 5 nitrogen and oxygen atoms in total. The Labute approximate surface area is 101 Å². The van der Waals surface area contributed by atoms with Crippen LogP contribution in [0.1, 0.15) is 24.9 Å². The maximum absolute atomic E-state index is 8.40. The van der Waals surface area contributed by atoms with Gasteiger partial charge in [-0.1, -0.05) is 17.3 Å². The Kier molecular flexibility index (Phi) is 5.29. The van der Waals surface area contributed by atoms with Crippen LogP contribution in [0.5, 0.6) is 5.75 Å². The van der Waals surface area contributed by atoms with Crippen LogP contribution in [0.15, 0.2) is 29.4 Å². The van der Waals surface area contributed by atoms with Crippen LogP contribution in [0.4, 0.5) is 0 Å². The minimum absolute atomic E-state index is 0.191. The van der Waals surface area contributed by atoms with E-state index in [1.54, 1.807) is 7.11 Å². The SMILES string of the molecule is COc1cccc([C@@H](C)NCC/C(N)=N/O)c1. The molecule has 94 valence electrons. The van der Waals surface area contributed by atoms with Gasteiger partial charge in [0.25, 0.3) is 0 Å². The lowest BCUT2D eigenvalue weighted by molar-refractivity contribution is 0.316. The molecule has 0 aliphatic heterocycles. The molecular formula is C12H19N3O2. The number of methoxy groups -OCH3 is 1. The number of hydrogen-bond donors (Lipinski definition) is 3. The number of hydrogen-bond acceptors (Lipinski definition) is 4. The maximum Gasteiger partial charge on any atom is 0.140 e. The molecule has 1 aromatic carbocycles. The average molecular weight is 237 g/mol. The van der Waals surface area contributed by atoms with Crippen molar-refractivity contribution >= 4 is 5.84 Å². The van der Waals surface area contributed by atoms with Crippen LogP contribution < -0.4 is 15.8 Å². The molecule has 1 atom stereocenters. The predicted molar refractivity (Wildman–Crippen MR) is 67.4 cm³/mol. The monoisotopic (exact) mass is 237 g/mol. The summed E-state index contributed by atoms with van der Waals surface area (Å²) >= 11 is 0. The van der Waals surface area contributed by atoms with Crippen LogP contribution in [0.3, 0.4) is 0 Å². The molecule has 1 aromatic rings. The third-order valence-corrected chi connectivity index (χ3v) is 2.55. The van der Waals surface area contributed by atoms with Gasteiger partial charge in [0.15, 0.2) is 0 Å². The van der Waals surface area contributed by atoms with Crippen molar-refractivity contribution in [3.63, 3.8) is 0 Å². The first-order valence-corrected chi connectivity index (χ1v) is 5.51. The van der Waals surface area contributed by atoms with E-state index in [1.807, 2.05) is 24.3 Å². The molecule has 0 amide bonds. The standard InChI is InChI=1S/C12H19N3O2/c1-9(14-7-6-12(13)15-16)10-4-3-5-11(8-10)17-2/h3-5,8-9,14,16H,6-7H2,1-2H3,(H2,13,15)/t9-/m1/s1. The molecular weight excluding hydrogens is 218 g/mol. The van der Waals surface area contributed by atoms with Crippen molar-refractivity contribution in [2.45, 2.75) is 19.4 Å². The van der Waals surface area contributed by atoms with Gasteiger partial charge < -0.3 is 21.0 Å². The van der Waals surface area contributed by atoms with Crippen LogP contribution >= 0.6 is 0 Å². The number of amidine groups is 1. The molecule has 0 unspecified atom stereocenters. The molecule has 1 rings (SSSR count). The summed E-state index contributed by atoms with van der Waals surface area (Å²) in [5.74, 6) is 1.07. The number of nitrogens with one attached hydrogen (secondary N) is 1. The molecule has 17 heavy (non-hydrogen) atoms. The summed E-state index contributed by atoms with van der Waals surface area (Å²) in [7, 11) is 1.65. The number of oxime groups is 1. The Hall–Kier alpha value is -1.75. The molecule has 0 saturated heterocycles. The summed E-state index contributed by atoms with van der Waals surface area (Å²) in [5, 5.41) is 14.6. The normalized spacial score (nSPS) is 13.4. The molecule has 0 aliphatic carbocycles. The third-order valence-electron chi connectivity index (χ3n) is 2.55. The van der Waals surface area contributed by atoms with Gasteiger partial charge >= 0.3 is 0 Å². The van der Waals surface area contributed by atoms with E-state index < -0.39 is 0 Å². The first-order chi connectivity index (χ1) is 8.17. The quantitative estimate of drug-likeness (QED) is 0.303. The van der Waals surface area contributed by atoms with Crippen LogP contribution in [-0.2, 0) is 0 Å². The highest BCUT2D eigenvalue weighted by Crippen LogP contribution is 2.18. The number of rotatable bonds is 6. The van der Waals surface area contributed by atoms with E-state index in [4.69, 9.17) is 15.7 Å². The van der Waals surface area contributed by atoms with Crippen LogP contribution in [0.25, 0.3) is 0 Å². The molecule has 0 bridgehead atoms. The van der Waals surface area contributed by atoms with Gasteiger partial charge in [-0.05, 0) is 24.6 Å². The summed E-state index contributed by atoms with van der Waals surface area (Å²) in [6.07, 6.45) is 0.519. The first kappa shape index (κ1) is 13.3. The van der Waals surface area contributed by atoms with Gasteiger partial charge in [0.05, 0.1) is 7.11 Å². The minimum Gasteiger partial charge on any atom is -0.497 e. The fraction of sp³-hybridized carbons (Fsp3) is 0.417. The van der Waals surface area contributed by atoms with Gasteiger partial charge in [-0.2, -0.15) is 0 Å². The summed E-state index contributed by atoms with van der Waals surface area (Å²) in [6, 6.07) is 8.07. The maximum atomic E-state index is 8.40. The average Bonchev–Trinajstić information content (AvgIpc) is 2.38. The Morgan fingerprint density at radius 1 is 1.59 bits per heavy atom. The zero-order valence-electron chi connectivity index (χ0n) is 10.2. The molecule has 0 radical (unpaired) electrons. The molecule has 0 aliphatic rings. The fourth-order valence-electron chi connectivity index (χ4n) is 1.50. The van der Waals surface area contributed by atoms with Gasteiger partial charge in [0.2, 0.25) is 0 Å². The second kappa shape index (κ2) is 6.75. The third kappa shape index (κ3) is 4.32. The Balaban J connectivity index is 2.48. The van der Waals surface area contributed by atoms with Gasteiger partial charge in [-0.3, -0.25) is 0 Å². The summed E-state index contributed by atoms with van der Waals surface area (Å²) < 4.78 is 5.17. The van der Waals surface area contributed by atoms with Gasteiger partial charge in [-0.15, -0.1) is 0 Å².